The van der Waals surface area contributed by atoms with E-state index in [2.05, 4.69) is 0 Å². The molecule has 0 fully saturated rings. The Morgan fingerprint density at radius 3 is 2.73 bits per heavy atom. The van der Waals surface area contributed by atoms with Crippen LogP contribution in [0.1, 0.15) is 17.0 Å². The Bertz CT molecular complexity index is 395. The molecule has 1 unspecified atom stereocenters. The van der Waals surface area contributed by atoms with Crippen LogP contribution in [0.25, 0.3) is 0 Å². The summed E-state index contributed by atoms with van der Waals surface area (Å²) in [6, 6.07) is 2.69. The number of carbonyl (C=O) groups is 1. The van der Waals surface area contributed by atoms with E-state index in [1.54, 1.807) is 6.92 Å². The fraction of sp³-hybridized carbons (Fsp3) is 0.300. The van der Waals surface area contributed by atoms with E-state index in [0.717, 1.165) is 0 Å². The van der Waals surface area contributed by atoms with Crippen LogP contribution in [0, 0.1) is 12.7 Å². The Morgan fingerprint density at radius 2 is 2.27 bits per heavy atom. The molecule has 0 aliphatic carbocycles. The zero-order valence-electron chi connectivity index (χ0n) is 8.13. The van der Waals surface area contributed by atoms with Crippen molar-refractivity contribution in [3.8, 4) is 0 Å². The highest BCUT2D eigenvalue weighted by atomic mass is 35.5. The second-order valence-corrected chi connectivity index (χ2v) is 3.60. The molecule has 1 rings (SSSR count). The van der Waals surface area contributed by atoms with Gasteiger partial charge in [-0.3, -0.25) is 4.79 Å². The maximum Gasteiger partial charge on any atom is 0.312 e. The van der Waals surface area contributed by atoms with Crippen molar-refractivity contribution < 1.29 is 14.3 Å². The minimum absolute atomic E-state index is 0.112. The molecule has 82 valence electrons. The van der Waals surface area contributed by atoms with E-state index >= 15 is 0 Å². The van der Waals surface area contributed by atoms with Crippen molar-refractivity contribution in [3.05, 3.63) is 34.1 Å². The summed E-state index contributed by atoms with van der Waals surface area (Å²) in [6.45, 7) is 1.56. The first kappa shape index (κ1) is 11.9. The predicted octanol–water partition coefficient (Wildman–Crippen LogP) is 1.91. The number of aryl methyl sites for hydroxylation is 1. The number of hydrogen-bond donors (Lipinski definition) is 2. The van der Waals surface area contributed by atoms with Gasteiger partial charge in [0.2, 0.25) is 0 Å². The summed E-state index contributed by atoms with van der Waals surface area (Å²) in [6.07, 6.45) is 0. The monoisotopic (exact) mass is 231 g/mol. The Hall–Kier alpha value is -1.13. The molecule has 0 heterocycles. The Morgan fingerprint density at radius 1 is 1.67 bits per heavy atom. The van der Waals surface area contributed by atoms with E-state index in [1.807, 2.05) is 0 Å². The lowest BCUT2D eigenvalue weighted by Crippen LogP contribution is -2.22. The van der Waals surface area contributed by atoms with Crippen molar-refractivity contribution in [2.24, 2.45) is 5.73 Å². The number of rotatable bonds is 3. The first-order valence-corrected chi connectivity index (χ1v) is 4.74. The highest BCUT2D eigenvalue weighted by molar-refractivity contribution is 6.31. The zero-order chi connectivity index (χ0) is 11.6. The van der Waals surface area contributed by atoms with Crippen molar-refractivity contribution in [1.82, 2.24) is 0 Å². The molecular formula is C10H11ClFNO2. The van der Waals surface area contributed by atoms with Gasteiger partial charge < -0.3 is 10.8 Å². The van der Waals surface area contributed by atoms with Gasteiger partial charge in [-0.15, -0.1) is 0 Å². The van der Waals surface area contributed by atoms with E-state index in [9.17, 15) is 9.18 Å². The maximum atomic E-state index is 13.2. The average Bonchev–Trinajstić information content (AvgIpc) is 2.18. The SMILES string of the molecule is Cc1ccc(F)c(Cl)c1C(CN)C(=O)O. The molecule has 0 aliphatic rings. The van der Waals surface area contributed by atoms with Gasteiger partial charge in [0.1, 0.15) is 5.82 Å². The minimum atomic E-state index is -1.10. The quantitative estimate of drug-likeness (QED) is 0.835. The van der Waals surface area contributed by atoms with Crippen LogP contribution in [-0.2, 0) is 4.79 Å². The normalized spacial score (nSPS) is 12.5. The summed E-state index contributed by atoms with van der Waals surface area (Å²) in [5, 5.41) is 8.75. The summed E-state index contributed by atoms with van der Waals surface area (Å²) >= 11 is 5.72. The molecule has 5 heteroatoms. The van der Waals surface area contributed by atoms with Crippen molar-refractivity contribution >= 4 is 17.6 Å². The fourth-order valence-electron chi connectivity index (χ4n) is 1.43. The van der Waals surface area contributed by atoms with E-state index in [-0.39, 0.29) is 17.1 Å². The molecule has 0 bridgehead atoms. The van der Waals surface area contributed by atoms with Crippen LogP contribution < -0.4 is 5.73 Å². The van der Waals surface area contributed by atoms with Gasteiger partial charge in [-0.05, 0) is 24.1 Å². The molecule has 1 atom stereocenters. The average molecular weight is 232 g/mol. The number of nitrogens with two attached hydrogens (primary N) is 1. The standard InChI is InChI=1S/C10H11ClFNO2/c1-5-2-3-7(12)9(11)8(5)6(4-13)10(14)15/h2-3,6H,4,13H2,1H3,(H,14,15). The molecule has 0 saturated heterocycles. The van der Waals surface area contributed by atoms with Crippen molar-refractivity contribution in [3.63, 3.8) is 0 Å². The molecule has 3 N–H and O–H groups in total. The lowest BCUT2D eigenvalue weighted by molar-refractivity contribution is -0.138. The number of carboxylic acids is 1. The van der Waals surface area contributed by atoms with Crippen LogP contribution in [0.5, 0.6) is 0 Å². The third-order valence-corrected chi connectivity index (χ3v) is 2.62. The third-order valence-electron chi connectivity index (χ3n) is 2.23. The van der Waals surface area contributed by atoms with Crippen LogP contribution in [0.2, 0.25) is 5.02 Å². The highest BCUT2D eigenvalue weighted by Gasteiger charge is 2.24. The van der Waals surface area contributed by atoms with Gasteiger partial charge in [0, 0.05) is 6.54 Å². The van der Waals surface area contributed by atoms with Gasteiger partial charge in [-0.25, -0.2) is 4.39 Å². The Labute approximate surface area is 91.7 Å². The number of aliphatic carboxylic acids is 1. The van der Waals surface area contributed by atoms with Crippen LogP contribution in [0.4, 0.5) is 4.39 Å². The van der Waals surface area contributed by atoms with Gasteiger partial charge >= 0.3 is 5.97 Å². The van der Waals surface area contributed by atoms with Gasteiger partial charge in [0.05, 0.1) is 10.9 Å². The first-order chi connectivity index (χ1) is 6.99. The summed E-state index contributed by atoms with van der Waals surface area (Å²) in [5.41, 5.74) is 6.21. The van der Waals surface area contributed by atoms with Crippen molar-refractivity contribution in [2.45, 2.75) is 12.8 Å². The van der Waals surface area contributed by atoms with Crippen LogP contribution in [-0.4, -0.2) is 17.6 Å². The zero-order valence-corrected chi connectivity index (χ0v) is 8.88. The minimum Gasteiger partial charge on any atom is -0.481 e. The van der Waals surface area contributed by atoms with Crippen LogP contribution >= 0.6 is 11.6 Å². The molecule has 1 aromatic carbocycles. The molecular weight excluding hydrogens is 221 g/mol. The van der Waals surface area contributed by atoms with Gasteiger partial charge in [0.25, 0.3) is 0 Å². The van der Waals surface area contributed by atoms with E-state index in [0.29, 0.717) is 5.56 Å². The molecule has 0 radical (unpaired) electrons. The molecule has 0 amide bonds. The number of carboxylic acid groups (broad SMARTS) is 1. The number of benzene rings is 1. The fourth-order valence-corrected chi connectivity index (χ4v) is 1.78. The van der Waals surface area contributed by atoms with Gasteiger partial charge in [-0.1, -0.05) is 17.7 Å². The Balaban J connectivity index is 3.34. The topological polar surface area (TPSA) is 63.3 Å². The summed E-state index contributed by atoms with van der Waals surface area (Å²) < 4.78 is 13.2. The lowest BCUT2D eigenvalue weighted by Gasteiger charge is -2.15. The molecule has 0 saturated carbocycles. The Kier molecular flexibility index (Phi) is 3.66. The largest absolute Gasteiger partial charge is 0.481 e. The summed E-state index contributed by atoms with van der Waals surface area (Å²) in [7, 11) is 0. The van der Waals surface area contributed by atoms with E-state index < -0.39 is 17.7 Å². The van der Waals surface area contributed by atoms with Gasteiger partial charge in [-0.2, -0.15) is 0 Å². The third kappa shape index (κ3) is 2.27. The predicted molar refractivity (Wildman–Crippen MR) is 55.6 cm³/mol. The highest BCUT2D eigenvalue weighted by Crippen LogP contribution is 2.29. The smallest absolute Gasteiger partial charge is 0.312 e. The van der Waals surface area contributed by atoms with Crippen LogP contribution in [0.3, 0.4) is 0 Å². The molecule has 3 nitrogen and oxygen atoms in total. The van der Waals surface area contributed by atoms with E-state index in [1.165, 1.54) is 12.1 Å². The van der Waals surface area contributed by atoms with E-state index in [4.69, 9.17) is 22.4 Å². The van der Waals surface area contributed by atoms with Crippen LogP contribution in [0.15, 0.2) is 12.1 Å². The van der Waals surface area contributed by atoms with Crippen molar-refractivity contribution in [1.29, 1.82) is 0 Å². The number of halogens is 2. The molecule has 0 aliphatic heterocycles. The summed E-state index contributed by atoms with van der Waals surface area (Å²) in [5.74, 6) is -2.70. The number of hydrogen-bond acceptors (Lipinski definition) is 2. The molecule has 1 aromatic rings. The maximum absolute atomic E-state index is 13.2. The first-order valence-electron chi connectivity index (χ1n) is 4.36. The van der Waals surface area contributed by atoms with Crippen molar-refractivity contribution in [2.75, 3.05) is 6.54 Å². The lowest BCUT2D eigenvalue weighted by atomic mass is 9.94. The molecule has 0 spiro atoms. The molecule has 0 aromatic heterocycles. The molecule has 15 heavy (non-hydrogen) atoms. The second-order valence-electron chi connectivity index (χ2n) is 3.22. The van der Waals surface area contributed by atoms with Gasteiger partial charge in [0.15, 0.2) is 0 Å². The second kappa shape index (κ2) is 4.59. The summed E-state index contributed by atoms with van der Waals surface area (Å²) in [4.78, 5) is 10.9.